The molecule has 0 unspecified atom stereocenters. The monoisotopic (exact) mass is 200 g/mol. The van der Waals surface area contributed by atoms with Crippen molar-refractivity contribution in [1.82, 2.24) is 9.80 Å². The van der Waals surface area contributed by atoms with Gasteiger partial charge in [0.1, 0.15) is 6.29 Å². The highest BCUT2D eigenvalue weighted by Crippen LogP contribution is 1.92. The van der Waals surface area contributed by atoms with Crippen LogP contribution < -0.4 is 0 Å². The Morgan fingerprint density at radius 3 is 2.14 bits per heavy atom. The molecule has 0 bridgehead atoms. The number of aldehydes is 1. The molecular formula is C9H16N2O3. The summed E-state index contributed by atoms with van der Waals surface area (Å²) >= 11 is 0. The smallest absolute Gasteiger partial charge is 0.242 e. The van der Waals surface area contributed by atoms with Gasteiger partial charge in [-0.05, 0) is 0 Å². The number of hydrogen-bond donors (Lipinski definition) is 0. The lowest BCUT2D eigenvalue weighted by Crippen LogP contribution is -2.39. The van der Waals surface area contributed by atoms with E-state index >= 15 is 0 Å². The van der Waals surface area contributed by atoms with Crippen LogP contribution in [0.3, 0.4) is 0 Å². The number of carbonyl (C=O) groups is 3. The Balaban J connectivity index is 4.04. The molecule has 0 spiro atoms. The molecule has 80 valence electrons. The molecule has 0 fully saturated rings. The largest absolute Gasteiger partial charge is 0.337 e. The molecule has 0 aliphatic rings. The molecule has 0 radical (unpaired) electrons. The van der Waals surface area contributed by atoms with Gasteiger partial charge in [-0.15, -0.1) is 0 Å². The molecule has 5 heteroatoms. The van der Waals surface area contributed by atoms with Crippen LogP contribution in [0.25, 0.3) is 0 Å². The van der Waals surface area contributed by atoms with Crippen molar-refractivity contribution in [3.8, 4) is 0 Å². The molecular weight excluding hydrogens is 184 g/mol. The summed E-state index contributed by atoms with van der Waals surface area (Å²) in [6, 6.07) is 0. The predicted octanol–water partition coefficient (Wildman–Crippen LogP) is -0.488. The van der Waals surface area contributed by atoms with Crippen molar-refractivity contribution in [3.05, 3.63) is 0 Å². The van der Waals surface area contributed by atoms with Crippen LogP contribution in [-0.4, -0.2) is 55.1 Å². The summed E-state index contributed by atoms with van der Waals surface area (Å²) in [6.45, 7) is 1.82. The first-order valence-electron chi connectivity index (χ1n) is 4.44. The van der Waals surface area contributed by atoms with Gasteiger partial charge in [-0.1, -0.05) is 6.92 Å². The van der Waals surface area contributed by atoms with Crippen molar-refractivity contribution < 1.29 is 14.4 Å². The second-order valence-electron chi connectivity index (χ2n) is 3.04. The van der Waals surface area contributed by atoms with E-state index in [1.54, 1.807) is 14.0 Å². The van der Waals surface area contributed by atoms with Gasteiger partial charge in [0, 0.05) is 20.5 Å². The highest BCUT2D eigenvalue weighted by Gasteiger charge is 2.13. The zero-order chi connectivity index (χ0) is 11.1. The number of rotatable bonds is 5. The first-order valence-corrected chi connectivity index (χ1v) is 4.44. The normalized spacial score (nSPS) is 9.36. The molecule has 0 aromatic rings. The lowest BCUT2D eigenvalue weighted by Gasteiger charge is -2.19. The Hall–Kier alpha value is -1.39. The molecule has 0 aliphatic carbocycles. The maximum absolute atomic E-state index is 11.3. The molecule has 0 saturated carbocycles. The SMILES string of the molecule is CCC(=O)N(C)CC(=O)N(C)CC=O. The maximum Gasteiger partial charge on any atom is 0.242 e. The summed E-state index contributed by atoms with van der Waals surface area (Å²) in [6.07, 6.45) is 1.03. The van der Waals surface area contributed by atoms with Gasteiger partial charge in [-0.3, -0.25) is 9.59 Å². The highest BCUT2D eigenvalue weighted by atomic mass is 16.2. The summed E-state index contributed by atoms with van der Waals surface area (Å²) < 4.78 is 0. The summed E-state index contributed by atoms with van der Waals surface area (Å²) in [4.78, 5) is 35.2. The molecule has 0 N–H and O–H groups in total. The van der Waals surface area contributed by atoms with Crippen molar-refractivity contribution in [2.45, 2.75) is 13.3 Å². The van der Waals surface area contributed by atoms with Gasteiger partial charge in [0.05, 0.1) is 13.1 Å². The van der Waals surface area contributed by atoms with Gasteiger partial charge in [0.15, 0.2) is 0 Å². The van der Waals surface area contributed by atoms with E-state index in [1.807, 2.05) is 0 Å². The van der Waals surface area contributed by atoms with E-state index in [0.717, 1.165) is 0 Å². The average molecular weight is 200 g/mol. The minimum Gasteiger partial charge on any atom is -0.337 e. The number of nitrogens with zero attached hydrogens (tertiary/aromatic N) is 2. The molecule has 5 nitrogen and oxygen atoms in total. The third-order valence-corrected chi connectivity index (χ3v) is 1.87. The fourth-order valence-corrected chi connectivity index (χ4v) is 0.895. The van der Waals surface area contributed by atoms with E-state index in [2.05, 4.69) is 0 Å². The van der Waals surface area contributed by atoms with Crippen molar-refractivity contribution >= 4 is 18.1 Å². The third kappa shape index (κ3) is 4.02. The minimum atomic E-state index is -0.235. The zero-order valence-electron chi connectivity index (χ0n) is 8.82. The lowest BCUT2D eigenvalue weighted by atomic mass is 10.4. The Kier molecular flexibility index (Phi) is 5.52. The standard InChI is InChI=1S/C9H16N2O3/c1-4-8(13)11(3)7-9(14)10(2)5-6-12/h6H,4-5,7H2,1-3H3. The quantitative estimate of drug-likeness (QED) is 0.563. The molecule has 0 aromatic carbocycles. The lowest BCUT2D eigenvalue weighted by molar-refractivity contribution is -0.139. The van der Waals surface area contributed by atoms with Crippen molar-refractivity contribution in [3.63, 3.8) is 0 Å². The Bertz CT molecular complexity index is 228. The molecule has 0 rings (SSSR count). The molecule has 0 heterocycles. The van der Waals surface area contributed by atoms with Gasteiger partial charge < -0.3 is 14.6 Å². The maximum atomic E-state index is 11.3. The number of carbonyl (C=O) groups excluding carboxylic acids is 3. The van der Waals surface area contributed by atoms with E-state index in [4.69, 9.17) is 0 Å². The van der Waals surface area contributed by atoms with Crippen LogP contribution in [0.5, 0.6) is 0 Å². The van der Waals surface area contributed by atoms with Gasteiger partial charge in [0.2, 0.25) is 11.8 Å². The minimum absolute atomic E-state index is 0.0248. The fourth-order valence-electron chi connectivity index (χ4n) is 0.895. The number of likely N-dealkylation sites (N-methyl/N-ethyl adjacent to an activating group) is 2. The molecule has 0 aliphatic heterocycles. The van der Waals surface area contributed by atoms with Gasteiger partial charge in [-0.25, -0.2) is 0 Å². The summed E-state index contributed by atoms with van der Waals surface area (Å²) in [5.74, 6) is -0.320. The second kappa shape index (κ2) is 6.12. The molecule has 0 saturated heterocycles. The van der Waals surface area contributed by atoms with E-state index in [1.165, 1.54) is 16.8 Å². The highest BCUT2D eigenvalue weighted by molar-refractivity contribution is 5.85. The molecule has 0 atom stereocenters. The Labute approximate surface area is 83.7 Å². The number of amides is 2. The number of hydrogen-bond acceptors (Lipinski definition) is 3. The van der Waals surface area contributed by atoms with E-state index in [-0.39, 0.29) is 24.9 Å². The van der Waals surface area contributed by atoms with Crippen LogP contribution in [0, 0.1) is 0 Å². The topological polar surface area (TPSA) is 57.7 Å². The van der Waals surface area contributed by atoms with Crippen LogP contribution in [-0.2, 0) is 14.4 Å². The summed E-state index contributed by atoms with van der Waals surface area (Å²) in [5, 5.41) is 0. The Morgan fingerprint density at radius 1 is 1.14 bits per heavy atom. The molecule has 14 heavy (non-hydrogen) atoms. The van der Waals surface area contributed by atoms with E-state index in [9.17, 15) is 14.4 Å². The van der Waals surface area contributed by atoms with Gasteiger partial charge >= 0.3 is 0 Å². The van der Waals surface area contributed by atoms with Crippen molar-refractivity contribution in [1.29, 1.82) is 0 Å². The Morgan fingerprint density at radius 2 is 1.71 bits per heavy atom. The second-order valence-corrected chi connectivity index (χ2v) is 3.04. The average Bonchev–Trinajstić information content (AvgIpc) is 2.16. The fraction of sp³-hybridized carbons (Fsp3) is 0.667. The summed E-state index contributed by atoms with van der Waals surface area (Å²) in [7, 11) is 3.10. The third-order valence-electron chi connectivity index (χ3n) is 1.87. The first kappa shape index (κ1) is 12.6. The van der Waals surface area contributed by atoms with E-state index < -0.39 is 0 Å². The van der Waals surface area contributed by atoms with Crippen molar-refractivity contribution in [2.75, 3.05) is 27.2 Å². The van der Waals surface area contributed by atoms with Crippen LogP contribution in [0.2, 0.25) is 0 Å². The van der Waals surface area contributed by atoms with Crippen molar-refractivity contribution in [2.24, 2.45) is 0 Å². The van der Waals surface area contributed by atoms with Crippen LogP contribution >= 0.6 is 0 Å². The molecule has 0 aromatic heterocycles. The van der Waals surface area contributed by atoms with Crippen LogP contribution in [0.4, 0.5) is 0 Å². The van der Waals surface area contributed by atoms with Gasteiger partial charge in [0.25, 0.3) is 0 Å². The molecule has 2 amide bonds. The zero-order valence-corrected chi connectivity index (χ0v) is 8.82. The van der Waals surface area contributed by atoms with Crippen LogP contribution in [0.15, 0.2) is 0 Å². The summed E-state index contributed by atoms with van der Waals surface area (Å²) in [5.41, 5.74) is 0. The van der Waals surface area contributed by atoms with E-state index in [0.29, 0.717) is 12.7 Å². The van der Waals surface area contributed by atoms with Crippen LogP contribution in [0.1, 0.15) is 13.3 Å². The van der Waals surface area contributed by atoms with Gasteiger partial charge in [-0.2, -0.15) is 0 Å². The first-order chi connectivity index (χ1) is 6.52. The predicted molar refractivity (Wildman–Crippen MR) is 51.6 cm³/mol.